The number of rotatable bonds is 3. The zero-order chi connectivity index (χ0) is 13.2. The molecule has 1 unspecified atom stereocenters. The van der Waals surface area contributed by atoms with E-state index in [1.165, 1.54) is 10.8 Å². The SMILES string of the molecule is CCNC(c1nccc2ccccc12)C(C)(C)C. The molecule has 0 aliphatic heterocycles. The van der Waals surface area contributed by atoms with Gasteiger partial charge < -0.3 is 5.32 Å². The third kappa shape index (κ3) is 2.54. The zero-order valence-electron chi connectivity index (χ0n) is 11.7. The highest BCUT2D eigenvalue weighted by Crippen LogP contribution is 2.34. The van der Waals surface area contributed by atoms with Gasteiger partial charge in [0.1, 0.15) is 0 Å². The molecule has 0 spiro atoms. The van der Waals surface area contributed by atoms with Crippen molar-refractivity contribution in [1.82, 2.24) is 10.3 Å². The number of hydrogen-bond acceptors (Lipinski definition) is 2. The summed E-state index contributed by atoms with van der Waals surface area (Å²) in [6.07, 6.45) is 1.91. The summed E-state index contributed by atoms with van der Waals surface area (Å²) in [6, 6.07) is 10.8. The molecule has 0 amide bonds. The first kappa shape index (κ1) is 13.0. The van der Waals surface area contributed by atoms with E-state index in [2.05, 4.69) is 68.3 Å². The fourth-order valence-electron chi connectivity index (χ4n) is 2.39. The molecule has 1 N–H and O–H groups in total. The van der Waals surface area contributed by atoms with Crippen LogP contribution in [0.5, 0.6) is 0 Å². The highest BCUT2D eigenvalue weighted by atomic mass is 14.9. The maximum atomic E-state index is 4.63. The molecule has 1 aromatic heterocycles. The normalized spacial score (nSPS) is 13.8. The highest BCUT2D eigenvalue weighted by Gasteiger charge is 2.27. The maximum Gasteiger partial charge on any atom is 0.0656 e. The van der Waals surface area contributed by atoms with Gasteiger partial charge in [0.05, 0.1) is 11.7 Å². The Morgan fingerprint density at radius 3 is 2.56 bits per heavy atom. The van der Waals surface area contributed by atoms with E-state index in [4.69, 9.17) is 0 Å². The number of nitrogens with one attached hydrogen (secondary N) is 1. The predicted octanol–water partition coefficient (Wildman–Crippen LogP) is 3.93. The first-order valence-electron chi connectivity index (χ1n) is 6.61. The van der Waals surface area contributed by atoms with Crippen LogP contribution in [0, 0.1) is 5.41 Å². The number of aromatic nitrogens is 1. The Balaban J connectivity index is 2.57. The Morgan fingerprint density at radius 2 is 1.89 bits per heavy atom. The lowest BCUT2D eigenvalue weighted by atomic mass is 9.83. The van der Waals surface area contributed by atoms with Crippen molar-refractivity contribution in [2.45, 2.75) is 33.7 Å². The second-order valence-electron chi connectivity index (χ2n) is 5.77. The molecule has 2 heteroatoms. The molecule has 2 aromatic rings. The third-order valence-corrected chi connectivity index (χ3v) is 3.25. The Kier molecular flexibility index (Phi) is 3.67. The largest absolute Gasteiger partial charge is 0.308 e. The molecule has 0 aliphatic carbocycles. The standard InChI is InChI=1S/C16H22N2/c1-5-17-15(16(2,3)4)14-13-9-7-6-8-12(13)10-11-18-14/h6-11,15,17H,5H2,1-4H3. The number of benzene rings is 1. The molecule has 0 bridgehead atoms. The van der Waals surface area contributed by atoms with Crippen molar-refractivity contribution in [3.63, 3.8) is 0 Å². The summed E-state index contributed by atoms with van der Waals surface area (Å²) in [5.41, 5.74) is 1.30. The lowest BCUT2D eigenvalue weighted by molar-refractivity contribution is 0.273. The first-order valence-corrected chi connectivity index (χ1v) is 6.61. The van der Waals surface area contributed by atoms with Crippen LogP contribution in [0.4, 0.5) is 0 Å². The van der Waals surface area contributed by atoms with E-state index in [1.807, 2.05) is 6.20 Å². The molecule has 1 aromatic carbocycles. The number of fused-ring (bicyclic) bond motifs is 1. The summed E-state index contributed by atoms with van der Waals surface area (Å²) in [4.78, 5) is 4.63. The lowest BCUT2D eigenvalue weighted by Crippen LogP contribution is -2.33. The van der Waals surface area contributed by atoms with Crippen molar-refractivity contribution in [2.75, 3.05) is 6.54 Å². The molecule has 1 heterocycles. The Labute approximate surface area is 109 Å². The second-order valence-corrected chi connectivity index (χ2v) is 5.77. The van der Waals surface area contributed by atoms with Crippen LogP contribution in [-0.4, -0.2) is 11.5 Å². The average Bonchev–Trinajstić information content (AvgIpc) is 2.34. The molecule has 2 rings (SSSR count). The zero-order valence-corrected chi connectivity index (χ0v) is 11.7. The van der Waals surface area contributed by atoms with Gasteiger partial charge in [0.25, 0.3) is 0 Å². The molecular weight excluding hydrogens is 220 g/mol. The number of pyridine rings is 1. The fraction of sp³-hybridized carbons (Fsp3) is 0.438. The summed E-state index contributed by atoms with van der Waals surface area (Å²) in [5.74, 6) is 0. The molecule has 0 aliphatic rings. The molecule has 0 saturated heterocycles. The summed E-state index contributed by atoms with van der Waals surface area (Å²) in [7, 11) is 0. The van der Waals surface area contributed by atoms with Crippen molar-refractivity contribution in [3.05, 3.63) is 42.2 Å². The van der Waals surface area contributed by atoms with Gasteiger partial charge in [-0.15, -0.1) is 0 Å². The minimum absolute atomic E-state index is 0.146. The van der Waals surface area contributed by atoms with E-state index in [0.717, 1.165) is 12.2 Å². The van der Waals surface area contributed by atoms with Crippen LogP contribution in [0.1, 0.15) is 39.4 Å². The van der Waals surface area contributed by atoms with E-state index >= 15 is 0 Å². The van der Waals surface area contributed by atoms with E-state index in [-0.39, 0.29) is 11.5 Å². The van der Waals surface area contributed by atoms with Gasteiger partial charge >= 0.3 is 0 Å². The van der Waals surface area contributed by atoms with Crippen molar-refractivity contribution < 1.29 is 0 Å². The summed E-state index contributed by atoms with van der Waals surface area (Å²) >= 11 is 0. The summed E-state index contributed by atoms with van der Waals surface area (Å²) < 4.78 is 0. The van der Waals surface area contributed by atoms with E-state index < -0.39 is 0 Å². The first-order chi connectivity index (χ1) is 8.54. The summed E-state index contributed by atoms with van der Waals surface area (Å²) in [5, 5.41) is 6.08. The van der Waals surface area contributed by atoms with Crippen LogP contribution >= 0.6 is 0 Å². The van der Waals surface area contributed by atoms with Crippen LogP contribution in [0.15, 0.2) is 36.5 Å². The molecule has 2 nitrogen and oxygen atoms in total. The maximum absolute atomic E-state index is 4.63. The average molecular weight is 242 g/mol. The predicted molar refractivity (Wildman–Crippen MR) is 77.6 cm³/mol. The van der Waals surface area contributed by atoms with Crippen LogP contribution in [0.25, 0.3) is 10.8 Å². The van der Waals surface area contributed by atoms with Gasteiger partial charge in [0, 0.05) is 11.6 Å². The monoisotopic (exact) mass is 242 g/mol. The van der Waals surface area contributed by atoms with Gasteiger partial charge in [-0.25, -0.2) is 0 Å². The molecule has 0 radical (unpaired) electrons. The molecule has 1 atom stereocenters. The quantitative estimate of drug-likeness (QED) is 0.882. The third-order valence-electron chi connectivity index (χ3n) is 3.25. The van der Waals surface area contributed by atoms with Crippen LogP contribution in [-0.2, 0) is 0 Å². The molecular formula is C16H22N2. The molecule has 0 fully saturated rings. The topological polar surface area (TPSA) is 24.9 Å². The van der Waals surface area contributed by atoms with Crippen molar-refractivity contribution in [3.8, 4) is 0 Å². The fourth-order valence-corrected chi connectivity index (χ4v) is 2.39. The molecule has 96 valence electrons. The Hall–Kier alpha value is -1.41. The number of nitrogens with zero attached hydrogens (tertiary/aromatic N) is 1. The smallest absolute Gasteiger partial charge is 0.0656 e. The van der Waals surface area contributed by atoms with Crippen LogP contribution in [0.3, 0.4) is 0 Å². The van der Waals surface area contributed by atoms with Gasteiger partial charge in [0.2, 0.25) is 0 Å². The molecule has 0 saturated carbocycles. The van der Waals surface area contributed by atoms with Crippen molar-refractivity contribution in [2.24, 2.45) is 5.41 Å². The van der Waals surface area contributed by atoms with Gasteiger partial charge in [-0.05, 0) is 23.4 Å². The number of hydrogen-bond donors (Lipinski definition) is 1. The van der Waals surface area contributed by atoms with Crippen LogP contribution in [0.2, 0.25) is 0 Å². The van der Waals surface area contributed by atoms with E-state index in [9.17, 15) is 0 Å². The lowest BCUT2D eigenvalue weighted by Gasteiger charge is -2.31. The van der Waals surface area contributed by atoms with Crippen molar-refractivity contribution in [1.29, 1.82) is 0 Å². The van der Waals surface area contributed by atoms with E-state index in [1.54, 1.807) is 0 Å². The van der Waals surface area contributed by atoms with Gasteiger partial charge in [0.15, 0.2) is 0 Å². The van der Waals surface area contributed by atoms with Gasteiger partial charge in [-0.1, -0.05) is 52.0 Å². The second kappa shape index (κ2) is 5.07. The van der Waals surface area contributed by atoms with E-state index in [0.29, 0.717) is 0 Å². The Morgan fingerprint density at radius 1 is 1.17 bits per heavy atom. The minimum Gasteiger partial charge on any atom is -0.308 e. The Bertz CT molecular complexity index is 521. The van der Waals surface area contributed by atoms with Crippen molar-refractivity contribution >= 4 is 10.8 Å². The van der Waals surface area contributed by atoms with Gasteiger partial charge in [-0.3, -0.25) is 4.98 Å². The molecule has 18 heavy (non-hydrogen) atoms. The minimum atomic E-state index is 0.146. The van der Waals surface area contributed by atoms with Gasteiger partial charge in [-0.2, -0.15) is 0 Å². The van der Waals surface area contributed by atoms with Crippen LogP contribution < -0.4 is 5.32 Å². The summed E-state index contributed by atoms with van der Waals surface area (Å²) in [6.45, 7) is 9.86. The highest BCUT2D eigenvalue weighted by molar-refractivity contribution is 5.84.